The van der Waals surface area contributed by atoms with Gasteiger partial charge in [0.25, 0.3) is 0 Å². The van der Waals surface area contributed by atoms with E-state index in [-0.39, 0.29) is 18.9 Å². The van der Waals surface area contributed by atoms with Crippen LogP contribution >= 0.6 is 0 Å². The van der Waals surface area contributed by atoms with Gasteiger partial charge in [0.1, 0.15) is 0 Å². The third kappa shape index (κ3) is 8.79. The monoisotopic (exact) mass is 349 g/mol. The standard InChI is InChI=1S/C19H27NO5/c1-3-4-5-6-13-25-16-9-7-15(14-17(16)24-2)8-10-18(21)20-12-11-19(22)23/h7-10,14H,3-6,11-13H2,1-2H3,(H,20,21)(H,22,23)/b10-8+. The third-order valence-electron chi connectivity index (χ3n) is 3.51. The van der Waals surface area contributed by atoms with Gasteiger partial charge in [0.05, 0.1) is 20.1 Å². The Morgan fingerprint density at radius 1 is 1.20 bits per heavy atom. The minimum absolute atomic E-state index is 0.0995. The quantitative estimate of drug-likeness (QED) is 0.447. The van der Waals surface area contributed by atoms with Gasteiger partial charge in [-0.25, -0.2) is 0 Å². The van der Waals surface area contributed by atoms with E-state index in [9.17, 15) is 9.59 Å². The maximum Gasteiger partial charge on any atom is 0.305 e. The van der Waals surface area contributed by atoms with Gasteiger partial charge < -0.3 is 19.9 Å². The molecule has 0 aliphatic rings. The van der Waals surface area contributed by atoms with Crippen LogP contribution in [-0.4, -0.2) is 37.2 Å². The number of carboxylic acids is 1. The van der Waals surface area contributed by atoms with Crippen molar-refractivity contribution in [1.82, 2.24) is 5.32 Å². The molecule has 0 bridgehead atoms. The van der Waals surface area contributed by atoms with Crippen molar-refractivity contribution in [1.29, 1.82) is 0 Å². The van der Waals surface area contributed by atoms with Gasteiger partial charge in [0.2, 0.25) is 5.91 Å². The average Bonchev–Trinajstić information content (AvgIpc) is 2.60. The van der Waals surface area contributed by atoms with E-state index in [0.29, 0.717) is 18.1 Å². The van der Waals surface area contributed by atoms with Gasteiger partial charge >= 0.3 is 5.97 Å². The van der Waals surface area contributed by atoms with Crippen LogP contribution in [-0.2, 0) is 9.59 Å². The first-order valence-corrected chi connectivity index (χ1v) is 8.55. The van der Waals surface area contributed by atoms with Crippen molar-refractivity contribution in [3.05, 3.63) is 29.8 Å². The molecule has 1 aromatic carbocycles. The first kappa shape index (κ1) is 20.5. The van der Waals surface area contributed by atoms with Crippen molar-refractivity contribution in [2.45, 2.75) is 39.0 Å². The van der Waals surface area contributed by atoms with Crippen LogP contribution in [0.2, 0.25) is 0 Å². The highest BCUT2D eigenvalue weighted by Crippen LogP contribution is 2.28. The van der Waals surface area contributed by atoms with E-state index in [1.165, 1.54) is 18.9 Å². The number of rotatable bonds is 12. The van der Waals surface area contributed by atoms with Crippen molar-refractivity contribution in [2.24, 2.45) is 0 Å². The molecule has 1 rings (SSSR count). The molecule has 25 heavy (non-hydrogen) atoms. The minimum Gasteiger partial charge on any atom is -0.493 e. The summed E-state index contributed by atoms with van der Waals surface area (Å²) in [5.41, 5.74) is 0.795. The molecule has 2 N–H and O–H groups in total. The Hall–Kier alpha value is -2.50. The van der Waals surface area contributed by atoms with E-state index in [2.05, 4.69) is 12.2 Å². The number of unbranched alkanes of at least 4 members (excludes halogenated alkanes) is 3. The Bertz CT molecular complexity index is 583. The molecule has 0 unspecified atom stereocenters. The van der Waals surface area contributed by atoms with Crippen LogP contribution in [0.3, 0.4) is 0 Å². The SMILES string of the molecule is CCCCCCOc1ccc(/C=C/C(=O)NCCC(=O)O)cc1OC. The number of carbonyl (C=O) groups is 2. The fourth-order valence-corrected chi connectivity index (χ4v) is 2.14. The van der Waals surface area contributed by atoms with Crippen LogP contribution in [0.15, 0.2) is 24.3 Å². The number of hydrogen-bond acceptors (Lipinski definition) is 4. The minimum atomic E-state index is -0.945. The van der Waals surface area contributed by atoms with Crippen molar-refractivity contribution in [2.75, 3.05) is 20.3 Å². The van der Waals surface area contributed by atoms with E-state index >= 15 is 0 Å². The summed E-state index contributed by atoms with van der Waals surface area (Å²) in [4.78, 5) is 22.0. The number of amides is 1. The predicted octanol–water partition coefficient (Wildman–Crippen LogP) is 3.26. The molecule has 0 saturated carbocycles. The normalized spacial score (nSPS) is 10.6. The molecule has 0 atom stereocenters. The molecule has 138 valence electrons. The molecular weight excluding hydrogens is 322 g/mol. The average molecular weight is 349 g/mol. The van der Waals surface area contributed by atoms with E-state index in [4.69, 9.17) is 14.6 Å². The second-order valence-corrected chi connectivity index (χ2v) is 5.59. The maximum absolute atomic E-state index is 11.6. The highest BCUT2D eigenvalue weighted by atomic mass is 16.5. The zero-order chi connectivity index (χ0) is 18.5. The van der Waals surface area contributed by atoms with Gasteiger partial charge in [0, 0.05) is 12.6 Å². The Labute approximate surface area is 148 Å². The molecule has 0 aromatic heterocycles. The lowest BCUT2D eigenvalue weighted by atomic mass is 10.2. The lowest BCUT2D eigenvalue weighted by molar-refractivity contribution is -0.136. The van der Waals surface area contributed by atoms with Crippen LogP contribution < -0.4 is 14.8 Å². The van der Waals surface area contributed by atoms with E-state index in [1.54, 1.807) is 19.3 Å². The van der Waals surface area contributed by atoms with Crippen molar-refractivity contribution < 1.29 is 24.2 Å². The van der Waals surface area contributed by atoms with E-state index < -0.39 is 5.97 Å². The summed E-state index contributed by atoms with van der Waals surface area (Å²) in [7, 11) is 1.57. The van der Waals surface area contributed by atoms with Crippen molar-refractivity contribution >= 4 is 18.0 Å². The zero-order valence-corrected chi connectivity index (χ0v) is 14.9. The number of ether oxygens (including phenoxy) is 2. The third-order valence-corrected chi connectivity index (χ3v) is 3.51. The number of aliphatic carboxylic acids is 1. The van der Waals surface area contributed by atoms with Crippen LogP contribution in [0.1, 0.15) is 44.6 Å². The molecule has 0 aliphatic carbocycles. The van der Waals surface area contributed by atoms with Crippen molar-refractivity contribution in [3.8, 4) is 11.5 Å². The van der Waals surface area contributed by atoms with Crippen LogP contribution in [0.4, 0.5) is 0 Å². The second-order valence-electron chi connectivity index (χ2n) is 5.59. The van der Waals surface area contributed by atoms with Crippen LogP contribution in [0.5, 0.6) is 11.5 Å². The van der Waals surface area contributed by atoms with Gasteiger partial charge in [0.15, 0.2) is 11.5 Å². The smallest absolute Gasteiger partial charge is 0.305 e. The number of methoxy groups -OCH3 is 1. The molecule has 6 heteroatoms. The summed E-state index contributed by atoms with van der Waals surface area (Å²) >= 11 is 0. The predicted molar refractivity (Wildman–Crippen MR) is 96.9 cm³/mol. The summed E-state index contributed by atoms with van der Waals surface area (Å²) in [5, 5.41) is 11.0. The summed E-state index contributed by atoms with van der Waals surface area (Å²) in [6, 6.07) is 5.45. The lowest BCUT2D eigenvalue weighted by Gasteiger charge is -2.11. The molecule has 0 heterocycles. The number of benzene rings is 1. The summed E-state index contributed by atoms with van der Waals surface area (Å²) in [6.07, 6.45) is 7.46. The van der Waals surface area contributed by atoms with Gasteiger partial charge in [-0.15, -0.1) is 0 Å². The molecule has 0 aliphatic heterocycles. The topological polar surface area (TPSA) is 84.9 Å². The Kier molecular flexibility index (Phi) is 9.82. The lowest BCUT2D eigenvalue weighted by Crippen LogP contribution is -2.23. The number of carboxylic acid groups (broad SMARTS) is 1. The van der Waals surface area contributed by atoms with E-state index in [0.717, 1.165) is 18.4 Å². The molecule has 0 spiro atoms. The van der Waals surface area contributed by atoms with Gasteiger partial charge in [-0.2, -0.15) is 0 Å². The second kappa shape index (κ2) is 11.9. The fraction of sp³-hybridized carbons (Fsp3) is 0.474. The fourth-order valence-electron chi connectivity index (χ4n) is 2.14. The van der Waals surface area contributed by atoms with Gasteiger partial charge in [-0.05, 0) is 30.2 Å². The molecular formula is C19H27NO5. The number of hydrogen-bond donors (Lipinski definition) is 2. The Balaban J connectivity index is 2.54. The molecule has 6 nitrogen and oxygen atoms in total. The molecule has 0 fully saturated rings. The molecule has 0 radical (unpaired) electrons. The first-order chi connectivity index (χ1) is 12.1. The molecule has 1 aromatic rings. The zero-order valence-electron chi connectivity index (χ0n) is 14.9. The van der Waals surface area contributed by atoms with Crippen LogP contribution in [0, 0.1) is 0 Å². The first-order valence-electron chi connectivity index (χ1n) is 8.55. The summed E-state index contributed by atoms with van der Waals surface area (Å²) in [6.45, 7) is 2.92. The molecule has 1 amide bonds. The Morgan fingerprint density at radius 3 is 2.68 bits per heavy atom. The van der Waals surface area contributed by atoms with Gasteiger partial charge in [-0.3, -0.25) is 9.59 Å². The number of carbonyl (C=O) groups excluding carboxylic acids is 1. The largest absolute Gasteiger partial charge is 0.493 e. The Morgan fingerprint density at radius 2 is 2.00 bits per heavy atom. The number of nitrogens with one attached hydrogen (secondary N) is 1. The van der Waals surface area contributed by atoms with Gasteiger partial charge in [-0.1, -0.05) is 32.3 Å². The highest BCUT2D eigenvalue weighted by molar-refractivity contribution is 5.92. The molecule has 0 saturated heterocycles. The van der Waals surface area contributed by atoms with Crippen LogP contribution in [0.25, 0.3) is 6.08 Å². The maximum atomic E-state index is 11.6. The van der Waals surface area contributed by atoms with Crippen molar-refractivity contribution in [3.63, 3.8) is 0 Å². The summed E-state index contributed by atoms with van der Waals surface area (Å²) in [5.74, 6) is 0.0155. The highest BCUT2D eigenvalue weighted by Gasteiger charge is 2.05. The summed E-state index contributed by atoms with van der Waals surface area (Å²) < 4.78 is 11.1. The van der Waals surface area contributed by atoms with E-state index in [1.807, 2.05) is 12.1 Å².